The van der Waals surface area contributed by atoms with Gasteiger partial charge >= 0.3 is 0 Å². The maximum Gasteiger partial charge on any atom is 0.206 e. The molecule has 0 spiro atoms. The summed E-state index contributed by atoms with van der Waals surface area (Å²) in [5.74, 6) is 0.241. The van der Waals surface area contributed by atoms with E-state index >= 15 is 0 Å². The van der Waals surface area contributed by atoms with Crippen LogP contribution in [0.1, 0.15) is 6.42 Å². The molecule has 0 aliphatic carbocycles. The minimum Gasteiger partial charge on any atom is -0.385 e. The number of hydrogen-bond donors (Lipinski definition) is 2. The molecular formula is C17H17ClFN3OS. The number of rotatable bonds is 5. The van der Waals surface area contributed by atoms with Crippen LogP contribution in [-0.4, -0.2) is 26.2 Å². The number of halogens is 2. The quantitative estimate of drug-likeness (QED) is 0.602. The van der Waals surface area contributed by atoms with Gasteiger partial charge in [-0.05, 0) is 30.5 Å². The number of nitrogens with zero attached hydrogens (tertiary/aromatic N) is 1. The Hall–Kier alpha value is -1.76. The van der Waals surface area contributed by atoms with Gasteiger partial charge in [-0.15, -0.1) is 0 Å². The molecule has 0 atom stereocenters. The first-order valence-corrected chi connectivity index (χ1v) is 8.71. The van der Waals surface area contributed by atoms with Gasteiger partial charge in [0.1, 0.15) is 5.82 Å². The predicted molar refractivity (Wildman–Crippen MR) is 98.3 cm³/mol. The predicted octanol–water partition coefficient (Wildman–Crippen LogP) is 4.56. The van der Waals surface area contributed by atoms with E-state index in [0.717, 1.165) is 22.6 Å². The molecule has 1 aliphatic rings. The number of aliphatic imine (C=N–C) groups is 1. The minimum absolute atomic E-state index is 0.120. The van der Waals surface area contributed by atoms with Crippen molar-refractivity contribution in [3.05, 3.63) is 47.2 Å². The fourth-order valence-electron chi connectivity index (χ4n) is 2.40. The summed E-state index contributed by atoms with van der Waals surface area (Å²) in [7, 11) is 1.67. The molecule has 0 unspecified atom stereocenters. The first-order chi connectivity index (χ1) is 11.7. The highest BCUT2D eigenvalue weighted by Crippen LogP contribution is 2.40. The van der Waals surface area contributed by atoms with Crippen LogP contribution in [0.5, 0.6) is 0 Å². The fraction of sp³-hybridized carbons (Fsp3) is 0.235. The van der Waals surface area contributed by atoms with Crippen LogP contribution in [0.3, 0.4) is 0 Å². The van der Waals surface area contributed by atoms with Gasteiger partial charge in [-0.25, -0.2) is 4.39 Å². The minimum atomic E-state index is -0.429. The monoisotopic (exact) mass is 365 g/mol. The summed E-state index contributed by atoms with van der Waals surface area (Å²) in [6.45, 7) is 1.33. The number of anilines is 1. The third kappa shape index (κ3) is 3.66. The molecule has 0 fully saturated rings. The van der Waals surface area contributed by atoms with Gasteiger partial charge < -0.3 is 10.1 Å². The van der Waals surface area contributed by atoms with E-state index in [4.69, 9.17) is 16.3 Å². The van der Waals surface area contributed by atoms with Gasteiger partial charge in [-0.2, -0.15) is 0 Å². The lowest BCUT2D eigenvalue weighted by molar-refractivity contribution is 0.197. The summed E-state index contributed by atoms with van der Waals surface area (Å²) >= 11 is 7.62. The molecule has 1 aliphatic heterocycles. The number of hydrogen-bond acceptors (Lipinski definition) is 3. The maximum atomic E-state index is 13.8. The Balaban J connectivity index is 1.91. The Morgan fingerprint density at radius 2 is 2.00 bits per heavy atom. The van der Waals surface area contributed by atoms with E-state index in [1.165, 1.54) is 18.0 Å². The van der Waals surface area contributed by atoms with Crippen LogP contribution in [0.2, 0.25) is 5.02 Å². The van der Waals surface area contributed by atoms with Crippen LogP contribution in [0.15, 0.2) is 46.3 Å². The van der Waals surface area contributed by atoms with E-state index in [1.54, 1.807) is 13.2 Å². The summed E-state index contributed by atoms with van der Waals surface area (Å²) in [6, 6.07) is 10.6. The second-order valence-electron chi connectivity index (χ2n) is 5.19. The molecule has 7 heteroatoms. The zero-order valence-corrected chi connectivity index (χ0v) is 14.7. The Labute approximate surface area is 149 Å². The highest BCUT2D eigenvalue weighted by molar-refractivity contribution is 7.98. The highest BCUT2D eigenvalue weighted by atomic mass is 35.5. The molecule has 126 valence electrons. The van der Waals surface area contributed by atoms with E-state index in [2.05, 4.69) is 15.0 Å². The van der Waals surface area contributed by atoms with Crippen LogP contribution in [0.25, 0.3) is 11.1 Å². The summed E-state index contributed by atoms with van der Waals surface area (Å²) in [5.41, 5.74) is 2.37. The molecule has 2 aromatic rings. The molecule has 24 heavy (non-hydrogen) atoms. The molecule has 0 saturated heterocycles. The van der Waals surface area contributed by atoms with Crippen LogP contribution >= 0.6 is 23.5 Å². The van der Waals surface area contributed by atoms with Crippen LogP contribution in [-0.2, 0) is 4.74 Å². The average molecular weight is 366 g/mol. The van der Waals surface area contributed by atoms with Gasteiger partial charge in [0, 0.05) is 31.4 Å². The Morgan fingerprint density at radius 1 is 1.21 bits per heavy atom. The van der Waals surface area contributed by atoms with Gasteiger partial charge in [-0.3, -0.25) is 9.71 Å². The molecule has 0 radical (unpaired) electrons. The van der Waals surface area contributed by atoms with Gasteiger partial charge in [0.05, 0.1) is 15.6 Å². The third-order valence-electron chi connectivity index (χ3n) is 3.55. The second kappa shape index (κ2) is 7.88. The largest absolute Gasteiger partial charge is 0.385 e. The van der Waals surface area contributed by atoms with Crippen LogP contribution in [0.4, 0.5) is 10.1 Å². The lowest BCUT2D eigenvalue weighted by Crippen LogP contribution is -2.30. The van der Waals surface area contributed by atoms with Crippen molar-refractivity contribution in [2.75, 3.05) is 25.6 Å². The van der Waals surface area contributed by atoms with Crippen molar-refractivity contribution in [1.29, 1.82) is 0 Å². The SMILES string of the molecule is COCCCN=C1NSc2cccc(-c3cccc(F)c3Cl)c2N1. The van der Waals surface area contributed by atoms with E-state index in [-0.39, 0.29) is 5.02 Å². The van der Waals surface area contributed by atoms with Crippen molar-refractivity contribution >= 4 is 35.2 Å². The molecule has 0 saturated carbocycles. The smallest absolute Gasteiger partial charge is 0.206 e. The number of para-hydroxylation sites is 1. The Bertz CT molecular complexity index is 769. The van der Waals surface area contributed by atoms with Gasteiger partial charge in [-0.1, -0.05) is 35.9 Å². The van der Waals surface area contributed by atoms with Crippen LogP contribution < -0.4 is 10.0 Å². The summed E-state index contributed by atoms with van der Waals surface area (Å²) in [4.78, 5) is 5.48. The first-order valence-electron chi connectivity index (χ1n) is 7.51. The lowest BCUT2D eigenvalue weighted by Gasteiger charge is -2.23. The van der Waals surface area contributed by atoms with Crippen molar-refractivity contribution in [2.24, 2.45) is 4.99 Å². The van der Waals surface area contributed by atoms with Gasteiger partial charge in [0.25, 0.3) is 0 Å². The zero-order valence-electron chi connectivity index (χ0n) is 13.1. The van der Waals surface area contributed by atoms with E-state index in [9.17, 15) is 4.39 Å². The maximum absolute atomic E-state index is 13.8. The highest BCUT2D eigenvalue weighted by Gasteiger charge is 2.19. The third-order valence-corrected chi connectivity index (χ3v) is 4.79. The standard InChI is InChI=1S/C17H17ClFN3OS/c1-23-10-4-9-20-17-21-16-12(6-3-8-14(16)24-22-17)11-5-2-7-13(19)15(11)18/h2-3,5-8H,4,9-10H2,1H3,(H2,20,21,22). The van der Waals surface area contributed by atoms with E-state index in [0.29, 0.717) is 24.7 Å². The lowest BCUT2D eigenvalue weighted by atomic mass is 10.0. The van der Waals surface area contributed by atoms with Crippen molar-refractivity contribution in [3.63, 3.8) is 0 Å². The summed E-state index contributed by atoms with van der Waals surface area (Å²) in [5, 5.41) is 3.40. The molecule has 0 bridgehead atoms. The van der Waals surface area contributed by atoms with E-state index < -0.39 is 5.82 Å². The normalized spacial score (nSPS) is 14.9. The molecule has 3 rings (SSSR count). The number of guanidine groups is 1. The summed E-state index contributed by atoms with van der Waals surface area (Å²) in [6.07, 6.45) is 0.845. The van der Waals surface area contributed by atoms with Crippen molar-refractivity contribution in [3.8, 4) is 11.1 Å². The fourth-order valence-corrected chi connectivity index (χ4v) is 3.36. The molecule has 0 aromatic heterocycles. The first kappa shape index (κ1) is 17.1. The number of fused-ring (bicyclic) bond motifs is 1. The van der Waals surface area contributed by atoms with Gasteiger partial charge in [0.15, 0.2) is 0 Å². The number of methoxy groups -OCH3 is 1. The molecular weight excluding hydrogens is 349 g/mol. The zero-order chi connectivity index (χ0) is 16.9. The number of benzene rings is 2. The molecule has 2 aromatic carbocycles. The van der Waals surface area contributed by atoms with Crippen molar-refractivity contribution < 1.29 is 9.13 Å². The van der Waals surface area contributed by atoms with Gasteiger partial charge in [0.2, 0.25) is 5.96 Å². The topological polar surface area (TPSA) is 45.6 Å². The van der Waals surface area contributed by atoms with Crippen molar-refractivity contribution in [1.82, 2.24) is 4.72 Å². The molecule has 1 heterocycles. The Kier molecular flexibility index (Phi) is 5.60. The molecule has 2 N–H and O–H groups in total. The Morgan fingerprint density at radius 3 is 2.83 bits per heavy atom. The second-order valence-corrected chi connectivity index (χ2v) is 6.41. The van der Waals surface area contributed by atoms with Crippen molar-refractivity contribution in [2.45, 2.75) is 11.3 Å². The average Bonchev–Trinajstić information content (AvgIpc) is 2.61. The molecule has 0 amide bonds. The number of nitrogens with one attached hydrogen (secondary N) is 2. The summed E-state index contributed by atoms with van der Waals surface area (Å²) < 4.78 is 22.0. The van der Waals surface area contributed by atoms with Crippen LogP contribution in [0, 0.1) is 5.82 Å². The number of ether oxygens (including phenoxy) is 1. The van der Waals surface area contributed by atoms with E-state index in [1.807, 2.05) is 24.3 Å². The molecule has 4 nitrogen and oxygen atoms in total.